The minimum absolute atomic E-state index is 0.0465. The van der Waals surface area contributed by atoms with Gasteiger partial charge >= 0.3 is 0 Å². The van der Waals surface area contributed by atoms with Crippen LogP contribution in [0.5, 0.6) is 0 Å². The number of hydrogen-bond acceptors (Lipinski definition) is 4. The number of hydrazine groups is 1. The lowest BCUT2D eigenvalue weighted by atomic mass is 10.00. The first kappa shape index (κ1) is 17.2. The van der Waals surface area contributed by atoms with Gasteiger partial charge in [0.2, 0.25) is 0 Å². The Bertz CT molecular complexity index is 472. The van der Waals surface area contributed by atoms with E-state index in [9.17, 15) is 0 Å². The standard InChI is InChI=1S/C15H23BrClN3O/c1-10(2)20-5-6-21-15(9-20)14(19-18)7-11-3-4-12(16)8-13(11)17/h3-4,8,10,14-15,19H,5-7,9,18H2,1-2H3. The zero-order valence-electron chi connectivity index (χ0n) is 12.5. The first-order chi connectivity index (χ1) is 10.0. The van der Waals surface area contributed by atoms with Gasteiger partial charge in [-0.25, -0.2) is 0 Å². The van der Waals surface area contributed by atoms with Crippen LogP contribution in [-0.4, -0.2) is 42.8 Å². The number of nitrogens with zero attached hydrogens (tertiary/aromatic N) is 1. The van der Waals surface area contributed by atoms with E-state index in [4.69, 9.17) is 22.2 Å². The summed E-state index contributed by atoms with van der Waals surface area (Å²) in [6, 6.07) is 6.50. The quantitative estimate of drug-likeness (QED) is 0.612. The molecule has 0 bridgehead atoms. The third-order valence-electron chi connectivity index (χ3n) is 3.97. The highest BCUT2D eigenvalue weighted by molar-refractivity contribution is 9.10. The lowest BCUT2D eigenvalue weighted by molar-refractivity contribution is -0.0552. The Morgan fingerprint density at radius 1 is 1.52 bits per heavy atom. The summed E-state index contributed by atoms with van der Waals surface area (Å²) in [5, 5.41) is 0.751. The first-order valence-corrected chi connectivity index (χ1v) is 8.44. The molecule has 1 aliphatic rings. The van der Waals surface area contributed by atoms with Crippen molar-refractivity contribution in [2.24, 2.45) is 5.84 Å². The zero-order chi connectivity index (χ0) is 15.4. The SMILES string of the molecule is CC(C)N1CCOC(C(Cc2ccc(Br)cc2Cl)NN)C1. The van der Waals surface area contributed by atoms with E-state index >= 15 is 0 Å². The maximum Gasteiger partial charge on any atom is 0.0872 e. The van der Waals surface area contributed by atoms with Crippen molar-refractivity contribution in [1.82, 2.24) is 10.3 Å². The molecule has 6 heteroatoms. The van der Waals surface area contributed by atoms with Crippen molar-refractivity contribution in [1.29, 1.82) is 0 Å². The molecular formula is C15H23BrClN3O. The molecule has 3 N–H and O–H groups in total. The summed E-state index contributed by atoms with van der Waals surface area (Å²) in [6.45, 7) is 7.03. The Morgan fingerprint density at radius 2 is 2.29 bits per heavy atom. The number of halogens is 2. The Morgan fingerprint density at radius 3 is 2.90 bits per heavy atom. The molecule has 2 atom stereocenters. The number of morpholine rings is 1. The smallest absolute Gasteiger partial charge is 0.0872 e. The number of nitrogens with two attached hydrogens (primary N) is 1. The molecule has 21 heavy (non-hydrogen) atoms. The molecule has 4 nitrogen and oxygen atoms in total. The number of benzene rings is 1. The molecule has 0 saturated carbocycles. The van der Waals surface area contributed by atoms with Crippen molar-refractivity contribution >= 4 is 27.5 Å². The molecule has 1 aliphatic heterocycles. The molecule has 0 amide bonds. The number of ether oxygens (including phenoxy) is 1. The van der Waals surface area contributed by atoms with Gasteiger partial charge in [0.1, 0.15) is 0 Å². The maximum absolute atomic E-state index is 6.30. The maximum atomic E-state index is 6.30. The van der Waals surface area contributed by atoms with Gasteiger partial charge in [0.05, 0.1) is 18.8 Å². The van der Waals surface area contributed by atoms with E-state index in [2.05, 4.69) is 40.1 Å². The van der Waals surface area contributed by atoms with Crippen LogP contribution < -0.4 is 11.3 Å². The van der Waals surface area contributed by atoms with Crippen LogP contribution in [-0.2, 0) is 11.2 Å². The summed E-state index contributed by atoms with van der Waals surface area (Å²) in [7, 11) is 0. The summed E-state index contributed by atoms with van der Waals surface area (Å²) < 4.78 is 6.89. The van der Waals surface area contributed by atoms with Crippen LogP contribution in [0.4, 0.5) is 0 Å². The Labute approximate surface area is 140 Å². The first-order valence-electron chi connectivity index (χ1n) is 7.27. The van der Waals surface area contributed by atoms with Crippen LogP contribution in [0.2, 0.25) is 5.02 Å². The van der Waals surface area contributed by atoms with Crippen LogP contribution in [0.3, 0.4) is 0 Å². The zero-order valence-corrected chi connectivity index (χ0v) is 14.8. The monoisotopic (exact) mass is 375 g/mol. The molecule has 1 heterocycles. The Kier molecular flexibility index (Phi) is 6.47. The van der Waals surface area contributed by atoms with Gasteiger partial charge in [-0.2, -0.15) is 0 Å². The fourth-order valence-electron chi connectivity index (χ4n) is 2.63. The van der Waals surface area contributed by atoms with Crippen LogP contribution in [0.25, 0.3) is 0 Å². The molecule has 0 radical (unpaired) electrons. The normalized spacial score (nSPS) is 21.7. The molecule has 1 aromatic carbocycles. The van der Waals surface area contributed by atoms with Gasteiger partial charge in [0.25, 0.3) is 0 Å². The van der Waals surface area contributed by atoms with Crippen LogP contribution >= 0.6 is 27.5 Å². The largest absolute Gasteiger partial charge is 0.374 e. The second-order valence-electron chi connectivity index (χ2n) is 5.71. The minimum atomic E-state index is 0.0465. The Hall–Kier alpha value is -0.170. The predicted octanol–water partition coefficient (Wildman–Crippen LogP) is 2.59. The number of nitrogens with one attached hydrogen (secondary N) is 1. The molecule has 1 saturated heterocycles. The van der Waals surface area contributed by atoms with E-state index in [-0.39, 0.29) is 12.1 Å². The second-order valence-corrected chi connectivity index (χ2v) is 7.03. The third-order valence-corrected chi connectivity index (χ3v) is 4.82. The van der Waals surface area contributed by atoms with Gasteiger partial charge in [-0.05, 0) is 38.0 Å². The van der Waals surface area contributed by atoms with Crippen molar-refractivity contribution in [3.8, 4) is 0 Å². The van der Waals surface area contributed by atoms with Gasteiger partial charge in [-0.3, -0.25) is 16.2 Å². The van der Waals surface area contributed by atoms with E-state index in [1.807, 2.05) is 18.2 Å². The lowest BCUT2D eigenvalue weighted by Gasteiger charge is -2.38. The summed E-state index contributed by atoms with van der Waals surface area (Å²) in [5.74, 6) is 5.75. The minimum Gasteiger partial charge on any atom is -0.374 e. The van der Waals surface area contributed by atoms with Gasteiger partial charge in [0.15, 0.2) is 0 Å². The van der Waals surface area contributed by atoms with Gasteiger partial charge in [-0.15, -0.1) is 0 Å². The van der Waals surface area contributed by atoms with Gasteiger partial charge in [0, 0.05) is 28.6 Å². The fourth-order valence-corrected chi connectivity index (χ4v) is 3.38. The highest BCUT2D eigenvalue weighted by atomic mass is 79.9. The summed E-state index contributed by atoms with van der Waals surface area (Å²) >= 11 is 9.72. The highest BCUT2D eigenvalue weighted by Crippen LogP contribution is 2.24. The van der Waals surface area contributed by atoms with Crippen LogP contribution in [0, 0.1) is 0 Å². The van der Waals surface area contributed by atoms with E-state index in [0.29, 0.717) is 6.04 Å². The summed E-state index contributed by atoms with van der Waals surface area (Å²) in [6.07, 6.45) is 0.824. The molecule has 2 rings (SSSR count). The fraction of sp³-hybridized carbons (Fsp3) is 0.600. The molecule has 0 spiro atoms. The molecule has 0 aromatic heterocycles. The number of hydrogen-bond donors (Lipinski definition) is 2. The number of rotatable bonds is 5. The average Bonchev–Trinajstić information content (AvgIpc) is 2.46. The van der Waals surface area contributed by atoms with E-state index in [1.54, 1.807) is 0 Å². The molecular weight excluding hydrogens is 354 g/mol. The molecule has 1 aromatic rings. The highest BCUT2D eigenvalue weighted by Gasteiger charge is 2.29. The van der Waals surface area contributed by atoms with Crippen molar-refractivity contribution in [3.05, 3.63) is 33.3 Å². The van der Waals surface area contributed by atoms with Gasteiger partial charge in [-0.1, -0.05) is 33.6 Å². The second kappa shape index (κ2) is 7.90. The van der Waals surface area contributed by atoms with E-state index in [0.717, 1.165) is 41.2 Å². The topological polar surface area (TPSA) is 50.5 Å². The van der Waals surface area contributed by atoms with Crippen LogP contribution in [0.1, 0.15) is 19.4 Å². The van der Waals surface area contributed by atoms with Crippen molar-refractivity contribution in [3.63, 3.8) is 0 Å². The van der Waals surface area contributed by atoms with Crippen LogP contribution in [0.15, 0.2) is 22.7 Å². The van der Waals surface area contributed by atoms with Crippen molar-refractivity contribution in [2.45, 2.75) is 38.5 Å². The molecule has 118 valence electrons. The lowest BCUT2D eigenvalue weighted by Crippen LogP contribution is -2.56. The van der Waals surface area contributed by atoms with E-state index < -0.39 is 0 Å². The third kappa shape index (κ3) is 4.65. The predicted molar refractivity (Wildman–Crippen MR) is 90.4 cm³/mol. The van der Waals surface area contributed by atoms with Gasteiger partial charge < -0.3 is 4.74 Å². The molecule has 1 fully saturated rings. The van der Waals surface area contributed by atoms with E-state index in [1.165, 1.54) is 0 Å². The summed E-state index contributed by atoms with van der Waals surface area (Å²) in [4.78, 5) is 2.42. The average molecular weight is 377 g/mol. The molecule has 0 aliphatic carbocycles. The summed E-state index contributed by atoms with van der Waals surface area (Å²) in [5.41, 5.74) is 3.98. The van der Waals surface area contributed by atoms with Crippen molar-refractivity contribution in [2.75, 3.05) is 19.7 Å². The molecule has 2 unspecified atom stereocenters. The Balaban J connectivity index is 2.05. The van der Waals surface area contributed by atoms with Crippen molar-refractivity contribution < 1.29 is 4.74 Å².